The van der Waals surface area contributed by atoms with Gasteiger partial charge in [-0.15, -0.1) is 0 Å². The zero-order chi connectivity index (χ0) is 14.0. The summed E-state index contributed by atoms with van der Waals surface area (Å²) in [7, 11) is 1.60. The maximum absolute atomic E-state index is 12.2. The van der Waals surface area contributed by atoms with Crippen molar-refractivity contribution < 1.29 is 14.7 Å². The number of aromatic nitrogens is 1. The van der Waals surface area contributed by atoms with Crippen molar-refractivity contribution in [1.29, 1.82) is 0 Å². The highest BCUT2D eigenvalue weighted by Crippen LogP contribution is 2.26. The minimum atomic E-state index is -1.08. The summed E-state index contributed by atoms with van der Waals surface area (Å²) in [6, 6.07) is 7.58. The maximum atomic E-state index is 12.2. The van der Waals surface area contributed by atoms with Gasteiger partial charge in [0, 0.05) is 24.1 Å². The van der Waals surface area contributed by atoms with Crippen LogP contribution in [0.2, 0.25) is 0 Å². The summed E-state index contributed by atoms with van der Waals surface area (Å²) in [6.45, 7) is 1.69. The molecular weight excluding hydrogens is 244 g/mol. The standard InChI is InChI=1S/C14H16N2O3/c1-3-9(14(18)19)13(17)16(2)12-8-15-11-7-5-4-6-10(11)12/h4-9,15H,3H2,1-2H3,(H,18,19). The molecule has 1 aromatic carbocycles. The van der Waals surface area contributed by atoms with Gasteiger partial charge in [-0.3, -0.25) is 9.59 Å². The Hall–Kier alpha value is -2.30. The van der Waals surface area contributed by atoms with Crippen molar-refractivity contribution in [2.45, 2.75) is 13.3 Å². The number of aromatic amines is 1. The number of carbonyl (C=O) groups excluding carboxylic acids is 1. The number of carboxylic acids is 1. The summed E-state index contributed by atoms with van der Waals surface area (Å²) in [5, 5.41) is 9.95. The number of nitrogens with zero attached hydrogens (tertiary/aromatic N) is 1. The average Bonchev–Trinajstić information content (AvgIpc) is 2.82. The highest BCUT2D eigenvalue weighted by molar-refractivity contribution is 6.09. The highest BCUT2D eigenvalue weighted by atomic mass is 16.4. The summed E-state index contributed by atoms with van der Waals surface area (Å²) >= 11 is 0. The first kappa shape index (κ1) is 13.1. The molecule has 0 radical (unpaired) electrons. The fourth-order valence-corrected chi connectivity index (χ4v) is 2.14. The number of rotatable bonds is 4. The van der Waals surface area contributed by atoms with Crippen LogP contribution in [0.4, 0.5) is 5.69 Å². The van der Waals surface area contributed by atoms with Crippen LogP contribution in [0.5, 0.6) is 0 Å². The molecule has 2 N–H and O–H groups in total. The van der Waals surface area contributed by atoms with E-state index in [1.54, 1.807) is 20.2 Å². The maximum Gasteiger partial charge on any atom is 0.316 e. The fraction of sp³-hybridized carbons (Fsp3) is 0.286. The smallest absolute Gasteiger partial charge is 0.316 e. The van der Waals surface area contributed by atoms with E-state index < -0.39 is 17.8 Å². The molecule has 2 rings (SSSR count). The van der Waals surface area contributed by atoms with Crippen molar-refractivity contribution in [3.63, 3.8) is 0 Å². The molecule has 5 nitrogen and oxygen atoms in total. The Bertz CT molecular complexity index is 618. The lowest BCUT2D eigenvalue weighted by atomic mass is 10.1. The molecule has 1 aromatic heterocycles. The molecule has 0 saturated carbocycles. The molecule has 0 aliphatic rings. The molecule has 100 valence electrons. The van der Waals surface area contributed by atoms with Gasteiger partial charge >= 0.3 is 5.97 Å². The lowest BCUT2D eigenvalue weighted by molar-refractivity contribution is -0.146. The van der Waals surface area contributed by atoms with Crippen molar-refractivity contribution in [2.24, 2.45) is 5.92 Å². The third kappa shape index (κ3) is 2.31. The Labute approximate surface area is 110 Å². The monoisotopic (exact) mass is 260 g/mol. The summed E-state index contributed by atoms with van der Waals surface area (Å²) in [6.07, 6.45) is 2.00. The summed E-state index contributed by atoms with van der Waals surface area (Å²) < 4.78 is 0. The van der Waals surface area contributed by atoms with E-state index in [4.69, 9.17) is 5.11 Å². The Balaban J connectivity index is 2.36. The Kier molecular flexibility index (Phi) is 3.55. The lowest BCUT2D eigenvalue weighted by Gasteiger charge is -2.20. The number of H-pyrrole nitrogens is 1. The molecule has 2 aromatic rings. The van der Waals surface area contributed by atoms with E-state index in [1.165, 1.54) is 4.90 Å². The first-order valence-electron chi connectivity index (χ1n) is 6.12. The van der Waals surface area contributed by atoms with E-state index >= 15 is 0 Å². The first-order valence-corrected chi connectivity index (χ1v) is 6.12. The number of carboxylic acid groups (broad SMARTS) is 1. The van der Waals surface area contributed by atoms with Gasteiger partial charge in [-0.25, -0.2) is 0 Å². The minimum absolute atomic E-state index is 0.279. The van der Waals surface area contributed by atoms with E-state index in [2.05, 4.69) is 4.98 Å². The van der Waals surface area contributed by atoms with Crippen molar-refractivity contribution >= 4 is 28.5 Å². The van der Waals surface area contributed by atoms with Gasteiger partial charge in [0.25, 0.3) is 0 Å². The number of aliphatic carboxylic acids is 1. The second-order valence-electron chi connectivity index (χ2n) is 4.42. The number of benzene rings is 1. The van der Waals surface area contributed by atoms with Gasteiger partial charge < -0.3 is 15.0 Å². The predicted octanol–water partition coefficient (Wildman–Crippen LogP) is 2.24. The number of fused-ring (bicyclic) bond motifs is 1. The first-order chi connectivity index (χ1) is 9.06. The second-order valence-corrected chi connectivity index (χ2v) is 4.42. The number of amides is 1. The van der Waals surface area contributed by atoms with Crippen molar-refractivity contribution in [2.75, 3.05) is 11.9 Å². The van der Waals surface area contributed by atoms with E-state index in [9.17, 15) is 9.59 Å². The molecule has 1 atom stereocenters. The van der Waals surface area contributed by atoms with Crippen molar-refractivity contribution in [3.8, 4) is 0 Å². The number of carbonyl (C=O) groups is 2. The summed E-state index contributed by atoms with van der Waals surface area (Å²) in [5.41, 5.74) is 1.61. The topological polar surface area (TPSA) is 73.4 Å². The second kappa shape index (κ2) is 5.14. The molecule has 0 saturated heterocycles. The van der Waals surface area contributed by atoms with Crippen LogP contribution in [-0.4, -0.2) is 29.0 Å². The van der Waals surface area contributed by atoms with Crippen molar-refractivity contribution in [3.05, 3.63) is 30.5 Å². The average molecular weight is 260 g/mol. The van der Waals surface area contributed by atoms with Crippen LogP contribution >= 0.6 is 0 Å². The van der Waals surface area contributed by atoms with Gasteiger partial charge in [0.15, 0.2) is 0 Å². The molecule has 0 aliphatic heterocycles. The van der Waals surface area contributed by atoms with Gasteiger partial charge in [0.2, 0.25) is 5.91 Å². The largest absolute Gasteiger partial charge is 0.481 e. The van der Waals surface area contributed by atoms with E-state index in [-0.39, 0.29) is 6.42 Å². The molecule has 0 fully saturated rings. The normalized spacial score (nSPS) is 12.3. The Morgan fingerprint density at radius 1 is 1.37 bits per heavy atom. The number of nitrogens with one attached hydrogen (secondary N) is 1. The van der Waals surface area contributed by atoms with Gasteiger partial charge in [-0.05, 0) is 12.5 Å². The molecule has 1 unspecified atom stereocenters. The Morgan fingerprint density at radius 3 is 2.68 bits per heavy atom. The van der Waals surface area contributed by atoms with E-state index in [1.807, 2.05) is 24.3 Å². The van der Waals surface area contributed by atoms with Crippen LogP contribution < -0.4 is 4.90 Å². The van der Waals surface area contributed by atoms with Crippen LogP contribution in [0.15, 0.2) is 30.5 Å². The number of hydrogen-bond acceptors (Lipinski definition) is 2. The third-order valence-corrected chi connectivity index (χ3v) is 3.26. The minimum Gasteiger partial charge on any atom is -0.481 e. The van der Waals surface area contributed by atoms with Gasteiger partial charge in [0.1, 0.15) is 5.92 Å². The highest BCUT2D eigenvalue weighted by Gasteiger charge is 2.28. The lowest BCUT2D eigenvalue weighted by Crippen LogP contribution is -2.36. The van der Waals surface area contributed by atoms with Gasteiger partial charge in [0.05, 0.1) is 5.69 Å². The van der Waals surface area contributed by atoms with E-state index in [0.29, 0.717) is 5.69 Å². The van der Waals surface area contributed by atoms with Gasteiger partial charge in [-0.1, -0.05) is 25.1 Å². The predicted molar refractivity (Wildman–Crippen MR) is 73.1 cm³/mol. The van der Waals surface area contributed by atoms with Crippen LogP contribution in [0.25, 0.3) is 10.9 Å². The van der Waals surface area contributed by atoms with Gasteiger partial charge in [-0.2, -0.15) is 0 Å². The quantitative estimate of drug-likeness (QED) is 0.828. The van der Waals surface area contributed by atoms with Crippen molar-refractivity contribution in [1.82, 2.24) is 4.98 Å². The fourth-order valence-electron chi connectivity index (χ4n) is 2.14. The third-order valence-electron chi connectivity index (χ3n) is 3.26. The molecule has 0 spiro atoms. The summed E-state index contributed by atoms with van der Waals surface area (Å²) in [5.74, 6) is -2.49. The van der Waals surface area contributed by atoms with Crippen LogP contribution in [-0.2, 0) is 9.59 Å². The Morgan fingerprint density at radius 2 is 2.05 bits per heavy atom. The SMILES string of the molecule is CCC(C(=O)O)C(=O)N(C)c1c[nH]c2ccccc12. The van der Waals surface area contributed by atoms with E-state index in [0.717, 1.165) is 10.9 Å². The summed E-state index contributed by atoms with van der Waals surface area (Å²) in [4.78, 5) is 27.7. The molecule has 0 aliphatic carbocycles. The molecule has 5 heteroatoms. The van der Waals surface area contributed by atoms with Crippen LogP contribution in [0.3, 0.4) is 0 Å². The number of hydrogen-bond donors (Lipinski definition) is 2. The zero-order valence-electron chi connectivity index (χ0n) is 10.9. The molecule has 0 bridgehead atoms. The van der Waals surface area contributed by atoms with Crippen LogP contribution in [0.1, 0.15) is 13.3 Å². The van der Waals surface area contributed by atoms with Crippen LogP contribution in [0, 0.1) is 5.92 Å². The zero-order valence-corrected chi connectivity index (χ0v) is 10.9. The number of para-hydroxylation sites is 1. The molecular formula is C14H16N2O3. The number of anilines is 1. The molecule has 1 heterocycles. The molecule has 19 heavy (non-hydrogen) atoms. The molecule has 1 amide bonds.